The van der Waals surface area contributed by atoms with Gasteiger partial charge >= 0.3 is 6.18 Å². The summed E-state index contributed by atoms with van der Waals surface area (Å²) >= 11 is 0. The van der Waals surface area contributed by atoms with Crippen molar-refractivity contribution in [1.29, 1.82) is 0 Å². The van der Waals surface area contributed by atoms with Crippen LogP contribution in [0.5, 0.6) is 0 Å². The summed E-state index contributed by atoms with van der Waals surface area (Å²) < 4.78 is 39.1. The van der Waals surface area contributed by atoms with Crippen LogP contribution in [0.2, 0.25) is 0 Å². The molecule has 1 aliphatic heterocycles. The zero-order valence-electron chi connectivity index (χ0n) is 11.0. The number of hydrogen-bond donors (Lipinski definition) is 2. The molecule has 1 saturated heterocycles. The molecule has 0 saturated carbocycles. The van der Waals surface area contributed by atoms with Crippen LogP contribution in [0.15, 0.2) is 18.2 Å². The SMILES string of the molecule is CC(=O)NC1CCN(c2ccc(N)cc2C(F)(F)F)C1. The van der Waals surface area contributed by atoms with Crippen LogP contribution in [0, 0.1) is 0 Å². The molecule has 1 amide bonds. The quantitative estimate of drug-likeness (QED) is 0.818. The third-order valence-corrected chi connectivity index (χ3v) is 3.26. The maximum atomic E-state index is 13.0. The number of nitrogens with one attached hydrogen (secondary N) is 1. The van der Waals surface area contributed by atoms with E-state index in [2.05, 4.69) is 5.32 Å². The second-order valence-corrected chi connectivity index (χ2v) is 4.91. The first-order valence-electron chi connectivity index (χ1n) is 6.26. The molecule has 1 unspecified atom stereocenters. The number of halogens is 3. The smallest absolute Gasteiger partial charge is 0.399 e. The van der Waals surface area contributed by atoms with Gasteiger partial charge in [0.15, 0.2) is 0 Å². The third kappa shape index (κ3) is 3.15. The molecule has 1 aromatic carbocycles. The van der Waals surface area contributed by atoms with E-state index < -0.39 is 11.7 Å². The number of nitrogens with two attached hydrogens (primary N) is 1. The Morgan fingerprint density at radius 2 is 2.15 bits per heavy atom. The highest BCUT2D eigenvalue weighted by Crippen LogP contribution is 2.38. The number of nitrogens with zero attached hydrogens (tertiary/aromatic N) is 1. The minimum absolute atomic E-state index is 0.0821. The van der Waals surface area contributed by atoms with Gasteiger partial charge in [-0.25, -0.2) is 0 Å². The van der Waals surface area contributed by atoms with Crippen LogP contribution >= 0.6 is 0 Å². The molecule has 0 radical (unpaired) electrons. The summed E-state index contributed by atoms with van der Waals surface area (Å²) in [6.45, 7) is 2.23. The minimum Gasteiger partial charge on any atom is -0.399 e. The van der Waals surface area contributed by atoms with Crippen LogP contribution < -0.4 is 16.0 Å². The molecule has 0 aromatic heterocycles. The molecule has 20 heavy (non-hydrogen) atoms. The fourth-order valence-corrected chi connectivity index (χ4v) is 2.44. The lowest BCUT2D eigenvalue weighted by Gasteiger charge is -2.23. The number of rotatable bonds is 2. The number of nitrogen functional groups attached to an aromatic ring is 1. The lowest BCUT2D eigenvalue weighted by atomic mass is 10.1. The minimum atomic E-state index is -4.45. The van der Waals surface area contributed by atoms with Crippen LogP contribution in [0.3, 0.4) is 0 Å². The number of amides is 1. The zero-order chi connectivity index (χ0) is 14.9. The first-order chi connectivity index (χ1) is 9.27. The molecule has 1 aromatic rings. The summed E-state index contributed by atoms with van der Waals surface area (Å²) in [4.78, 5) is 12.6. The molecule has 0 spiro atoms. The average Bonchev–Trinajstić information content (AvgIpc) is 2.75. The van der Waals surface area contributed by atoms with Crippen molar-refractivity contribution in [2.24, 2.45) is 0 Å². The topological polar surface area (TPSA) is 58.4 Å². The summed E-state index contributed by atoms with van der Waals surface area (Å²) in [5, 5.41) is 2.72. The first-order valence-corrected chi connectivity index (χ1v) is 6.26. The van der Waals surface area contributed by atoms with Gasteiger partial charge in [0.1, 0.15) is 0 Å². The Morgan fingerprint density at radius 3 is 2.75 bits per heavy atom. The fraction of sp³-hybridized carbons (Fsp3) is 0.462. The van der Waals surface area contributed by atoms with Gasteiger partial charge in [-0.05, 0) is 24.6 Å². The molecular formula is C13H16F3N3O. The second kappa shape index (κ2) is 5.22. The summed E-state index contributed by atoms with van der Waals surface area (Å²) in [7, 11) is 0. The van der Waals surface area contributed by atoms with E-state index in [9.17, 15) is 18.0 Å². The third-order valence-electron chi connectivity index (χ3n) is 3.26. The second-order valence-electron chi connectivity index (χ2n) is 4.91. The number of hydrogen-bond acceptors (Lipinski definition) is 3. The Hall–Kier alpha value is -1.92. The van der Waals surface area contributed by atoms with E-state index in [4.69, 9.17) is 5.73 Å². The van der Waals surface area contributed by atoms with Gasteiger partial charge in [0.25, 0.3) is 0 Å². The van der Waals surface area contributed by atoms with Crippen molar-refractivity contribution in [2.45, 2.75) is 25.6 Å². The van der Waals surface area contributed by atoms with E-state index in [0.29, 0.717) is 19.5 Å². The first kappa shape index (κ1) is 14.5. The summed E-state index contributed by atoms with van der Waals surface area (Å²) in [6, 6.07) is 3.66. The molecule has 1 atom stereocenters. The number of alkyl halides is 3. The molecule has 0 aliphatic carbocycles. The van der Waals surface area contributed by atoms with Crippen molar-refractivity contribution in [3.05, 3.63) is 23.8 Å². The van der Waals surface area contributed by atoms with E-state index in [1.54, 1.807) is 4.90 Å². The zero-order valence-corrected chi connectivity index (χ0v) is 11.0. The van der Waals surface area contributed by atoms with E-state index >= 15 is 0 Å². The van der Waals surface area contributed by atoms with Crippen molar-refractivity contribution < 1.29 is 18.0 Å². The van der Waals surface area contributed by atoms with Crippen molar-refractivity contribution in [3.8, 4) is 0 Å². The summed E-state index contributed by atoms with van der Waals surface area (Å²) in [5.74, 6) is -0.176. The van der Waals surface area contributed by atoms with Crippen LogP contribution in [0.1, 0.15) is 18.9 Å². The van der Waals surface area contributed by atoms with E-state index in [0.717, 1.165) is 6.07 Å². The Labute approximate surface area is 114 Å². The standard InChI is InChI=1S/C13H16F3N3O/c1-8(20)18-10-4-5-19(7-10)12-3-2-9(17)6-11(12)13(14,15)16/h2-3,6,10H,4-5,7,17H2,1H3,(H,18,20). The van der Waals surface area contributed by atoms with Crippen molar-refractivity contribution in [3.63, 3.8) is 0 Å². The normalized spacial score (nSPS) is 19.2. The van der Waals surface area contributed by atoms with Gasteiger partial charge in [-0.3, -0.25) is 4.79 Å². The monoisotopic (exact) mass is 287 g/mol. The molecule has 0 bridgehead atoms. The molecule has 1 fully saturated rings. The molecule has 3 N–H and O–H groups in total. The molecule has 4 nitrogen and oxygen atoms in total. The lowest BCUT2D eigenvalue weighted by Crippen LogP contribution is -2.35. The van der Waals surface area contributed by atoms with Crippen LogP contribution in [-0.4, -0.2) is 25.0 Å². The predicted octanol–water partition coefficient (Wildman–Crippen LogP) is 2.00. The molecule has 2 rings (SSSR count). The predicted molar refractivity (Wildman–Crippen MR) is 70.3 cm³/mol. The van der Waals surface area contributed by atoms with Gasteiger partial charge in [-0.15, -0.1) is 0 Å². The Kier molecular flexibility index (Phi) is 3.78. The van der Waals surface area contributed by atoms with Crippen LogP contribution in [0.4, 0.5) is 24.5 Å². The Morgan fingerprint density at radius 1 is 1.45 bits per heavy atom. The number of benzene rings is 1. The number of anilines is 2. The van der Waals surface area contributed by atoms with E-state index in [-0.39, 0.29) is 23.3 Å². The van der Waals surface area contributed by atoms with Gasteiger partial charge in [0.2, 0.25) is 5.91 Å². The average molecular weight is 287 g/mol. The summed E-state index contributed by atoms with van der Waals surface area (Å²) in [5.41, 5.74) is 4.90. The van der Waals surface area contributed by atoms with Crippen LogP contribution in [0.25, 0.3) is 0 Å². The molecule has 7 heteroatoms. The number of carbonyl (C=O) groups excluding carboxylic acids is 1. The van der Waals surface area contributed by atoms with Gasteiger partial charge < -0.3 is 16.0 Å². The lowest BCUT2D eigenvalue weighted by molar-refractivity contribution is -0.137. The highest BCUT2D eigenvalue weighted by Gasteiger charge is 2.36. The molecule has 1 aliphatic rings. The van der Waals surface area contributed by atoms with Crippen molar-refractivity contribution in [1.82, 2.24) is 5.32 Å². The number of carbonyl (C=O) groups is 1. The highest BCUT2D eigenvalue weighted by atomic mass is 19.4. The van der Waals surface area contributed by atoms with Gasteiger partial charge in [0, 0.05) is 37.4 Å². The van der Waals surface area contributed by atoms with Gasteiger partial charge in [-0.1, -0.05) is 0 Å². The maximum absolute atomic E-state index is 13.0. The largest absolute Gasteiger partial charge is 0.418 e. The Balaban J connectivity index is 2.24. The fourth-order valence-electron chi connectivity index (χ4n) is 2.44. The van der Waals surface area contributed by atoms with Crippen LogP contribution in [-0.2, 0) is 11.0 Å². The molecular weight excluding hydrogens is 271 g/mol. The van der Waals surface area contributed by atoms with Crippen molar-refractivity contribution in [2.75, 3.05) is 23.7 Å². The Bertz CT molecular complexity index is 516. The highest BCUT2D eigenvalue weighted by molar-refractivity contribution is 5.73. The maximum Gasteiger partial charge on any atom is 0.418 e. The molecule has 110 valence electrons. The molecule has 1 heterocycles. The van der Waals surface area contributed by atoms with Gasteiger partial charge in [0.05, 0.1) is 5.56 Å². The van der Waals surface area contributed by atoms with E-state index in [1.807, 2.05) is 0 Å². The van der Waals surface area contributed by atoms with Crippen molar-refractivity contribution >= 4 is 17.3 Å². The van der Waals surface area contributed by atoms with E-state index in [1.165, 1.54) is 19.1 Å². The van der Waals surface area contributed by atoms with Gasteiger partial charge in [-0.2, -0.15) is 13.2 Å². The summed E-state index contributed by atoms with van der Waals surface area (Å²) in [6.07, 6.45) is -3.82.